The third kappa shape index (κ3) is 3.13. The second kappa shape index (κ2) is 9.06. The van der Waals surface area contributed by atoms with Crippen LogP contribution in [-0.2, 0) is 0 Å². The number of aromatic nitrogens is 2. The van der Waals surface area contributed by atoms with Crippen LogP contribution < -0.4 is 0 Å². The molecule has 0 fully saturated rings. The molecule has 0 saturated heterocycles. The van der Waals surface area contributed by atoms with Gasteiger partial charge in [-0.2, -0.15) is 0 Å². The van der Waals surface area contributed by atoms with Crippen LogP contribution in [0.4, 0.5) is 0 Å². The molecule has 0 bridgehead atoms. The Morgan fingerprint density at radius 3 is 1.88 bits per heavy atom. The van der Waals surface area contributed by atoms with Crippen molar-refractivity contribution in [1.82, 2.24) is 9.13 Å². The number of hydrogen-bond donors (Lipinski definition) is 0. The molecule has 0 unspecified atom stereocenters. The van der Waals surface area contributed by atoms with Crippen LogP contribution in [0.3, 0.4) is 0 Å². The monoisotopic (exact) mass is 622 g/mol. The summed E-state index contributed by atoms with van der Waals surface area (Å²) < 4.78 is 11.4. The van der Waals surface area contributed by atoms with Crippen molar-refractivity contribution in [1.29, 1.82) is 0 Å². The zero-order valence-corrected chi connectivity index (χ0v) is 26.3. The summed E-state index contributed by atoms with van der Waals surface area (Å²) in [6.45, 7) is 0. The van der Waals surface area contributed by atoms with E-state index in [0.29, 0.717) is 0 Å². The molecule has 226 valence electrons. The highest BCUT2D eigenvalue weighted by atomic mass is 16.3. The lowest BCUT2D eigenvalue weighted by molar-refractivity contribution is 0.669. The van der Waals surface area contributed by atoms with E-state index in [1.54, 1.807) is 0 Å². The van der Waals surface area contributed by atoms with Crippen molar-refractivity contribution in [2.45, 2.75) is 0 Å². The summed E-state index contributed by atoms with van der Waals surface area (Å²) in [6, 6.07) is 57.4. The van der Waals surface area contributed by atoms with E-state index in [9.17, 15) is 0 Å². The van der Waals surface area contributed by atoms with Crippen LogP contribution in [0.15, 0.2) is 162 Å². The molecule has 3 heteroatoms. The van der Waals surface area contributed by atoms with E-state index >= 15 is 0 Å². The SMILES string of the molecule is c1ccc(-n2c3ccccc3c3c2ccc2c4c5c(ccc4n(-c4ccc6c7c(cccc47)-c4ccccc4-6)c23)oc2ccccc25)cc1. The van der Waals surface area contributed by atoms with Gasteiger partial charge in [-0.05, 0) is 76.2 Å². The summed E-state index contributed by atoms with van der Waals surface area (Å²) in [5.41, 5.74) is 14.2. The lowest BCUT2D eigenvalue weighted by Gasteiger charge is -2.14. The third-order valence-electron chi connectivity index (χ3n) is 10.8. The molecule has 49 heavy (non-hydrogen) atoms. The highest BCUT2D eigenvalue weighted by molar-refractivity contribution is 6.33. The van der Waals surface area contributed by atoms with Gasteiger partial charge in [0.25, 0.3) is 0 Å². The first-order valence-electron chi connectivity index (χ1n) is 16.9. The Balaban J connectivity index is 1.34. The zero-order chi connectivity index (χ0) is 31.8. The van der Waals surface area contributed by atoms with E-state index in [2.05, 4.69) is 167 Å². The van der Waals surface area contributed by atoms with Crippen LogP contribution >= 0.6 is 0 Å². The van der Waals surface area contributed by atoms with Crippen LogP contribution in [0.1, 0.15) is 0 Å². The second-order valence-corrected chi connectivity index (χ2v) is 13.2. The molecule has 0 radical (unpaired) electrons. The van der Waals surface area contributed by atoms with E-state index in [0.717, 1.165) is 22.2 Å². The Kier molecular flexibility index (Phi) is 4.72. The highest BCUT2D eigenvalue weighted by Crippen LogP contribution is 2.51. The van der Waals surface area contributed by atoms with Gasteiger partial charge in [0.2, 0.25) is 0 Å². The van der Waals surface area contributed by atoms with Crippen molar-refractivity contribution in [2.75, 3.05) is 0 Å². The van der Waals surface area contributed by atoms with Crippen LogP contribution in [0.25, 0.3) is 110 Å². The van der Waals surface area contributed by atoms with Crippen molar-refractivity contribution >= 4 is 76.3 Å². The van der Waals surface area contributed by atoms with Crippen molar-refractivity contribution < 1.29 is 4.42 Å². The van der Waals surface area contributed by atoms with Gasteiger partial charge in [-0.25, -0.2) is 0 Å². The number of hydrogen-bond acceptors (Lipinski definition) is 1. The minimum absolute atomic E-state index is 0.912. The predicted molar refractivity (Wildman–Crippen MR) is 204 cm³/mol. The van der Waals surface area contributed by atoms with E-state index in [4.69, 9.17) is 4.42 Å². The van der Waals surface area contributed by atoms with Crippen LogP contribution in [-0.4, -0.2) is 9.13 Å². The Morgan fingerprint density at radius 2 is 1.00 bits per heavy atom. The van der Waals surface area contributed by atoms with Gasteiger partial charge in [0, 0.05) is 43.4 Å². The van der Waals surface area contributed by atoms with Gasteiger partial charge in [-0.15, -0.1) is 0 Å². The summed E-state index contributed by atoms with van der Waals surface area (Å²) in [6.07, 6.45) is 0. The van der Waals surface area contributed by atoms with Crippen LogP contribution in [0.2, 0.25) is 0 Å². The molecule has 3 aromatic heterocycles. The molecule has 0 N–H and O–H groups in total. The summed E-state index contributed by atoms with van der Waals surface area (Å²) in [7, 11) is 0. The Morgan fingerprint density at radius 1 is 0.327 bits per heavy atom. The molecule has 8 aromatic carbocycles. The van der Waals surface area contributed by atoms with Crippen molar-refractivity contribution in [3.8, 4) is 33.6 Å². The number of furan rings is 1. The summed E-state index contributed by atoms with van der Waals surface area (Å²) in [5, 5.41) is 9.83. The van der Waals surface area contributed by atoms with Gasteiger partial charge >= 0.3 is 0 Å². The minimum Gasteiger partial charge on any atom is -0.456 e. The van der Waals surface area contributed by atoms with Crippen LogP contribution in [0, 0.1) is 0 Å². The maximum Gasteiger partial charge on any atom is 0.136 e. The topological polar surface area (TPSA) is 23.0 Å². The highest BCUT2D eigenvalue weighted by Gasteiger charge is 2.27. The first kappa shape index (κ1) is 25.5. The lowest BCUT2D eigenvalue weighted by atomic mass is 10.0. The molecular weight excluding hydrogens is 597 g/mol. The average molecular weight is 623 g/mol. The minimum atomic E-state index is 0.912. The Hall–Kier alpha value is -6.58. The van der Waals surface area contributed by atoms with Crippen molar-refractivity contribution in [2.24, 2.45) is 0 Å². The fourth-order valence-electron chi connectivity index (χ4n) is 8.95. The van der Waals surface area contributed by atoms with Crippen LogP contribution in [0.5, 0.6) is 0 Å². The summed E-state index contributed by atoms with van der Waals surface area (Å²) >= 11 is 0. The molecule has 12 rings (SSSR count). The summed E-state index contributed by atoms with van der Waals surface area (Å²) in [5.74, 6) is 0. The van der Waals surface area contributed by atoms with E-state index in [1.807, 2.05) is 0 Å². The molecule has 0 atom stereocenters. The number of nitrogens with zero attached hydrogens (tertiary/aromatic N) is 2. The molecule has 0 saturated carbocycles. The molecule has 3 heterocycles. The maximum atomic E-state index is 6.48. The molecule has 0 aliphatic heterocycles. The largest absolute Gasteiger partial charge is 0.456 e. The fourth-order valence-corrected chi connectivity index (χ4v) is 8.95. The molecule has 3 nitrogen and oxygen atoms in total. The molecular formula is C46H26N2O. The number of rotatable bonds is 2. The quantitative estimate of drug-likeness (QED) is 0.188. The van der Waals surface area contributed by atoms with E-state index < -0.39 is 0 Å². The van der Waals surface area contributed by atoms with Crippen molar-refractivity contribution in [3.63, 3.8) is 0 Å². The van der Waals surface area contributed by atoms with Gasteiger partial charge in [0.15, 0.2) is 0 Å². The van der Waals surface area contributed by atoms with E-state index in [-0.39, 0.29) is 0 Å². The average Bonchev–Trinajstić information content (AvgIpc) is 3.89. The van der Waals surface area contributed by atoms with Crippen molar-refractivity contribution in [3.05, 3.63) is 158 Å². The molecule has 1 aliphatic carbocycles. The number of fused-ring (bicyclic) bond motifs is 14. The van der Waals surface area contributed by atoms with Gasteiger partial charge in [-0.3, -0.25) is 0 Å². The van der Waals surface area contributed by atoms with Gasteiger partial charge in [-0.1, -0.05) is 109 Å². The standard InChI is InChI=1S/C46H26N2O/c1-2-11-27(12-3-1)47-36-19-8-6-15-33(36)44-39(47)24-22-35-43-38(25-26-41-45(43)34-16-7-9-20-40(34)49-41)48(46(35)44)37-23-21-31-29-14-5-4-13-28(29)30-17-10-18-32(37)42(30)31/h1-26H. The fraction of sp³-hybridized carbons (Fsp3) is 0. The van der Waals surface area contributed by atoms with Gasteiger partial charge in [0.1, 0.15) is 11.2 Å². The smallest absolute Gasteiger partial charge is 0.136 e. The first-order valence-corrected chi connectivity index (χ1v) is 16.9. The Bertz CT molecular complexity index is 3180. The normalized spacial score (nSPS) is 12.5. The molecule has 11 aromatic rings. The second-order valence-electron chi connectivity index (χ2n) is 13.2. The molecule has 1 aliphatic rings. The third-order valence-corrected chi connectivity index (χ3v) is 10.8. The lowest BCUT2D eigenvalue weighted by Crippen LogP contribution is -1.97. The molecule has 0 amide bonds. The maximum absolute atomic E-state index is 6.48. The molecule has 0 spiro atoms. The predicted octanol–water partition coefficient (Wildman–Crippen LogP) is 12.6. The van der Waals surface area contributed by atoms with E-state index in [1.165, 1.54) is 87.7 Å². The van der Waals surface area contributed by atoms with Gasteiger partial charge < -0.3 is 13.6 Å². The first-order chi connectivity index (χ1) is 24.3. The summed E-state index contributed by atoms with van der Waals surface area (Å²) in [4.78, 5) is 0. The van der Waals surface area contributed by atoms with Gasteiger partial charge in [0.05, 0.1) is 27.8 Å². The zero-order valence-electron chi connectivity index (χ0n) is 26.3. The number of para-hydroxylation sites is 3. The Labute approximate surface area is 280 Å². The number of benzene rings is 8.